The predicted octanol–water partition coefficient (Wildman–Crippen LogP) is 3.82. The molecule has 2 rings (SSSR count). The molecule has 0 atom stereocenters. The molecule has 0 saturated heterocycles. The highest BCUT2D eigenvalue weighted by molar-refractivity contribution is 9.10. The molecular formula is C12H9BrFN3O2. The Hall–Kier alpha value is -2.15. The molecule has 5 nitrogen and oxygen atoms in total. The van der Waals surface area contributed by atoms with Gasteiger partial charge in [0, 0.05) is 16.6 Å². The third-order valence-corrected chi connectivity index (χ3v) is 3.14. The molecule has 98 valence electrons. The Bertz CT molecular complexity index is 649. The van der Waals surface area contributed by atoms with Gasteiger partial charge in [-0.25, -0.2) is 4.39 Å². The van der Waals surface area contributed by atoms with Crippen LogP contribution in [0.4, 0.5) is 27.1 Å². The van der Waals surface area contributed by atoms with Crippen LogP contribution >= 0.6 is 15.9 Å². The zero-order valence-electron chi connectivity index (χ0n) is 9.56. The molecule has 0 aliphatic carbocycles. The van der Waals surface area contributed by atoms with E-state index in [0.717, 1.165) is 0 Å². The molecule has 0 aliphatic rings. The maximum absolute atomic E-state index is 13.1. The molecule has 3 N–H and O–H groups in total. The molecule has 0 amide bonds. The first-order valence-corrected chi connectivity index (χ1v) is 6.02. The number of nitro benzene ring substituents is 1. The molecule has 7 heteroatoms. The molecule has 0 unspecified atom stereocenters. The van der Waals surface area contributed by atoms with Gasteiger partial charge >= 0.3 is 0 Å². The zero-order chi connectivity index (χ0) is 14.0. The standard InChI is InChI=1S/C12H9BrFN3O2/c13-9-3-1-7(14)5-12(9)16-11-4-2-8(17(18)19)6-10(11)15/h1-6,16H,15H2. The number of nitrogen functional groups attached to an aromatic ring is 1. The molecule has 0 heterocycles. The van der Waals surface area contributed by atoms with E-state index in [0.29, 0.717) is 15.8 Å². The van der Waals surface area contributed by atoms with Gasteiger partial charge in [0.05, 0.1) is 22.0 Å². The largest absolute Gasteiger partial charge is 0.397 e. The SMILES string of the molecule is Nc1cc([N+](=O)[O-])ccc1Nc1cc(F)ccc1Br. The second-order valence-corrected chi connectivity index (χ2v) is 4.63. The monoisotopic (exact) mass is 325 g/mol. The fourth-order valence-electron chi connectivity index (χ4n) is 1.52. The molecule has 2 aromatic carbocycles. The number of rotatable bonds is 3. The first kappa shape index (κ1) is 13.3. The van der Waals surface area contributed by atoms with E-state index in [1.165, 1.54) is 30.3 Å². The molecule has 0 fully saturated rings. The Morgan fingerprint density at radius 1 is 1.21 bits per heavy atom. The number of non-ortho nitro benzene ring substituents is 1. The fourth-order valence-corrected chi connectivity index (χ4v) is 1.86. The van der Waals surface area contributed by atoms with Crippen LogP contribution in [0, 0.1) is 15.9 Å². The van der Waals surface area contributed by atoms with Crippen molar-refractivity contribution in [3.05, 3.63) is 56.8 Å². The van der Waals surface area contributed by atoms with E-state index in [1.54, 1.807) is 6.07 Å². The van der Waals surface area contributed by atoms with Gasteiger partial charge in [-0.15, -0.1) is 0 Å². The van der Waals surface area contributed by atoms with Crippen LogP contribution in [0.2, 0.25) is 0 Å². The number of halogens is 2. The van der Waals surface area contributed by atoms with Gasteiger partial charge < -0.3 is 11.1 Å². The van der Waals surface area contributed by atoms with Gasteiger partial charge in [-0.1, -0.05) is 0 Å². The van der Waals surface area contributed by atoms with Crippen molar-refractivity contribution in [1.82, 2.24) is 0 Å². The van der Waals surface area contributed by atoms with Crippen molar-refractivity contribution in [3.8, 4) is 0 Å². The van der Waals surface area contributed by atoms with E-state index in [1.807, 2.05) is 0 Å². The van der Waals surface area contributed by atoms with Crippen LogP contribution in [-0.2, 0) is 0 Å². The zero-order valence-corrected chi connectivity index (χ0v) is 11.1. The Labute approximate surface area is 116 Å². The summed E-state index contributed by atoms with van der Waals surface area (Å²) in [7, 11) is 0. The highest BCUT2D eigenvalue weighted by Crippen LogP contribution is 2.31. The molecule has 0 radical (unpaired) electrons. The lowest BCUT2D eigenvalue weighted by Gasteiger charge is -2.10. The lowest BCUT2D eigenvalue weighted by Crippen LogP contribution is -1.99. The Morgan fingerprint density at radius 3 is 2.58 bits per heavy atom. The molecule has 0 saturated carbocycles. The van der Waals surface area contributed by atoms with Gasteiger partial charge in [-0.2, -0.15) is 0 Å². The number of hydrogen-bond acceptors (Lipinski definition) is 4. The smallest absolute Gasteiger partial charge is 0.271 e. The van der Waals surface area contributed by atoms with E-state index in [4.69, 9.17) is 5.73 Å². The number of hydrogen-bond donors (Lipinski definition) is 2. The van der Waals surface area contributed by atoms with Crippen LogP contribution in [0.1, 0.15) is 0 Å². The summed E-state index contributed by atoms with van der Waals surface area (Å²) in [5, 5.41) is 13.5. The van der Waals surface area contributed by atoms with Gasteiger partial charge in [-0.3, -0.25) is 10.1 Å². The number of anilines is 3. The molecule has 0 spiro atoms. The van der Waals surface area contributed by atoms with Crippen molar-refractivity contribution >= 4 is 38.7 Å². The Kier molecular flexibility index (Phi) is 3.66. The third-order valence-electron chi connectivity index (χ3n) is 2.44. The Balaban J connectivity index is 2.33. The lowest BCUT2D eigenvalue weighted by atomic mass is 10.2. The summed E-state index contributed by atoms with van der Waals surface area (Å²) < 4.78 is 13.8. The minimum absolute atomic E-state index is 0.0960. The van der Waals surface area contributed by atoms with Crippen molar-refractivity contribution in [3.63, 3.8) is 0 Å². The third kappa shape index (κ3) is 3.00. The first-order valence-electron chi connectivity index (χ1n) is 5.23. The van der Waals surface area contributed by atoms with Crippen molar-refractivity contribution in [1.29, 1.82) is 0 Å². The van der Waals surface area contributed by atoms with Crippen molar-refractivity contribution < 1.29 is 9.31 Å². The normalized spacial score (nSPS) is 10.2. The molecule has 2 aromatic rings. The summed E-state index contributed by atoms with van der Waals surface area (Å²) in [6, 6.07) is 8.21. The average Bonchev–Trinajstić information content (AvgIpc) is 2.36. The number of nitrogens with zero attached hydrogens (tertiary/aromatic N) is 1. The van der Waals surface area contributed by atoms with E-state index >= 15 is 0 Å². The summed E-state index contributed by atoms with van der Waals surface area (Å²) in [6.07, 6.45) is 0. The van der Waals surface area contributed by atoms with Gasteiger partial charge in [0.1, 0.15) is 5.82 Å². The van der Waals surface area contributed by atoms with Crippen molar-refractivity contribution in [2.45, 2.75) is 0 Å². The van der Waals surface area contributed by atoms with Crippen LogP contribution in [0.3, 0.4) is 0 Å². The summed E-state index contributed by atoms with van der Waals surface area (Å²) in [6.45, 7) is 0. The average molecular weight is 326 g/mol. The van der Waals surface area contributed by atoms with Crippen LogP contribution in [0.15, 0.2) is 40.9 Å². The number of nitro groups is 1. The second kappa shape index (κ2) is 5.23. The van der Waals surface area contributed by atoms with Crippen LogP contribution in [0.25, 0.3) is 0 Å². The van der Waals surface area contributed by atoms with Crippen LogP contribution < -0.4 is 11.1 Å². The quantitative estimate of drug-likeness (QED) is 0.510. The van der Waals surface area contributed by atoms with Gasteiger partial charge in [-0.05, 0) is 40.2 Å². The minimum Gasteiger partial charge on any atom is -0.397 e. The van der Waals surface area contributed by atoms with Crippen LogP contribution in [0.5, 0.6) is 0 Å². The molecule has 19 heavy (non-hydrogen) atoms. The summed E-state index contributed by atoms with van der Waals surface area (Å²) in [5.74, 6) is -0.397. The minimum atomic E-state index is -0.530. The number of benzene rings is 2. The maximum atomic E-state index is 13.1. The first-order chi connectivity index (χ1) is 8.97. The van der Waals surface area contributed by atoms with Crippen molar-refractivity contribution in [2.24, 2.45) is 0 Å². The van der Waals surface area contributed by atoms with Gasteiger partial charge in [0.15, 0.2) is 0 Å². The predicted molar refractivity (Wildman–Crippen MR) is 74.9 cm³/mol. The van der Waals surface area contributed by atoms with Crippen LogP contribution in [-0.4, -0.2) is 4.92 Å². The summed E-state index contributed by atoms with van der Waals surface area (Å²) >= 11 is 3.27. The van der Waals surface area contributed by atoms with Crippen molar-refractivity contribution in [2.75, 3.05) is 11.1 Å². The fraction of sp³-hybridized carbons (Fsp3) is 0. The number of nitrogens with two attached hydrogens (primary N) is 1. The maximum Gasteiger partial charge on any atom is 0.271 e. The number of nitrogens with one attached hydrogen (secondary N) is 1. The molecule has 0 aromatic heterocycles. The topological polar surface area (TPSA) is 81.2 Å². The van der Waals surface area contributed by atoms with E-state index < -0.39 is 10.7 Å². The molecule has 0 bridgehead atoms. The lowest BCUT2D eigenvalue weighted by molar-refractivity contribution is -0.384. The van der Waals surface area contributed by atoms with Gasteiger partial charge in [0.25, 0.3) is 5.69 Å². The highest BCUT2D eigenvalue weighted by Gasteiger charge is 2.10. The van der Waals surface area contributed by atoms with Gasteiger partial charge in [0.2, 0.25) is 0 Å². The molecule has 0 aliphatic heterocycles. The summed E-state index contributed by atoms with van der Waals surface area (Å²) in [4.78, 5) is 10.1. The molecular weight excluding hydrogens is 317 g/mol. The Morgan fingerprint density at radius 2 is 1.95 bits per heavy atom. The van der Waals surface area contributed by atoms with E-state index in [-0.39, 0.29) is 11.4 Å². The second-order valence-electron chi connectivity index (χ2n) is 3.78. The van der Waals surface area contributed by atoms with E-state index in [9.17, 15) is 14.5 Å². The summed E-state index contributed by atoms with van der Waals surface area (Å²) in [5.41, 5.74) is 6.79. The highest BCUT2D eigenvalue weighted by atomic mass is 79.9. The van der Waals surface area contributed by atoms with E-state index in [2.05, 4.69) is 21.2 Å².